The summed E-state index contributed by atoms with van der Waals surface area (Å²) < 4.78 is 38.4. The van der Waals surface area contributed by atoms with Crippen LogP contribution in [0.25, 0.3) is 0 Å². The molecule has 1 fully saturated rings. The van der Waals surface area contributed by atoms with E-state index >= 15 is 0 Å². The van der Waals surface area contributed by atoms with Crippen molar-refractivity contribution in [2.45, 2.75) is 18.9 Å². The Balaban J connectivity index is 1.75. The average Bonchev–Trinajstić information content (AvgIpc) is 2.85. The molecule has 1 saturated heterocycles. The fourth-order valence-electron chi connectivity index (χ4n) is 2.09. The molecule has 120 valence electrons. The molecule has 2 rings (SSSR count). The largest absolute Gasteiger partial charge is 0.382 e. The van der Waals surface area contributed by atoms with Gasteiger partial charge in [0.2, 0.25) is 5.89 Å². The van der Waals surface area contributed by atoms with Crippen LogP contribution >= 0.6 is 0 Å². The topological polar surface area (TPSA) is 104 Å². The van der Waals surface area contributed by atoms with Gasteiger partial charge in [0.25, 0.3) is 0 Å². The van der Waals surface area contributed by atoms with Crippen LogP contribution in [0.3, 0.4) is 0 Å². The van der Waals surface area contributed by atoms with Gasteiger partial charge in [-0.05, 0) is 0 Å². The molecular weight excluding hydrogens is 298 g/mol. The first kappa shape index (κ1) is 16.3. The quantitative estimate of drug-likeness (QED) is 0.621. The lowest BCUT2D eigenvalue weighted by atomic mass is 10.2. The van der Waals surface area contributed by atoms with Gasteiger partial charge in [0.15, 0.2) is 15.7 Å². The van der Waals surface area contributed by atoms with E-state index < -0.39 is 9.84 Å². The minimum absolute atomic E-state index is 0.116. The van der Waals surface area contributed by atoms with E-state index in [9.17, 15) is 8.42 Å². The highest BCUT2D eigenvalue weighted by molar-refractivity contribution is 7.91. The maximum absolute atomic E-state index is 11.6. The average molecular weight is 319 g/mol. The van der Waals surface area contributed by atoms with Gasteiger partial charge >= 0.3 is 0 Å². The summed E-state index contributed by atoms with van der Waals surface area (Å²) in [6.45, 7) is 2.06. The summed E-state index contributed by atoms with van der Waals surface area (Å²) in [5.74, 6) is 1.33. The minimum atomic E-state index is -2.95. The molecule has 1 N–H and O–H groups in total. The number of ether oxygens (including phenoxy) is 2. The second kappa shape index (κ2) is 7.83. The molecule has 0 aromatic carbocycles. The zero-order chi connectivity index (χ0) is 15.1. The van der Waals surface area contributed by atoms with Crippen LogP contribution in [0, 0.1) is 0 Å². The van der Waals surface area contributed by atoms with Gasteiger partial charge in [-0.15, -0.1) is 0 Å². The van der Waals surface area contributed by atoms with Gasteiger partial charge in [0.1, 0.15) is 0 Å². The molecule has 1 aromatic heterocycles. The van der Waals surface area contributed by atoms with Crippen molar-refractivity contribution in [3.05, 3.63) is 11.7 Å². The molecule has 0 aliphatic carbocycles. The SMILES string of the molecule is COCCOCCc1noc(CC2CS(=O)(=O)CCN2)n1. The van der Waals surface area contributed by atoms with Crippen molar-refractivity contribution in [2.24, 2.45) is 0 Å². The molecule has 0 saturated carbocycles. The molecule has 1 atom stereocenters. The number of hydrogen-bond acceptors (Lipinski definition) is 8. The highest BCUT2D eigenvalue weighted by Crippen LogP contribution is 2.08. The van der Waals surface area contributed by atoms with Crippen molar-refractivity contribution in [1.29, 1.82) is 0 Å². The third kappa shape index (κ3) is 5.70. The molecule has 8 nitrogen and oxygen atoms in total. The van der Waals surface area contributed by atoms with E-state index in [4.69, 9.17) is 14.0 Å². The lowest BCUT2D eigenvalue weighted by molar-refractivity contribution is 0.0714. The van der Waals surface area contributed by atoms with E-state index in [2.05, 4.69) is 15.5 Å². The van der Waals surface area contributed by atoms with E-state index in [0.29, 0.717) is 50.9 Å². The molecule has 1 unspecified atom stereocenters. The fraction of sp³-hybridized carbons (Fsp3) is 0.833. The first-order chi connectivity index (χ1) is 10.1. The number of sulfone groups is 1. The molecule has 1 aliphatic heterocycles. The Hall–Kier alpha value is -1.03. The minimum Gasteiger partial charge on any atom is -0.382 e. The lowest BCUT2D eigenvalue weighted by Gasteiger charge is -2.21. The standard InChI is InChI=1S/C12H21N3O5S/c1-18-5-6-19-4-2-11-14-12(20-15-11)8-10-9-21(16,17)7-3-13-10/h10,13H,2-9H2,1H3. The number of hydrogen-bond donors (Lipinski definition) is 1. The Labute approximate surface area is 124 Å². The van der Waals surface area contributed by atoms with Gasteiger partial charge in [-0.3, -0.25) is 0 Å². The summed E-state index contributed by atoms with van der Waals surface area (Å²) in [6, 6.07) is -0.157. The number of nitrogens with zero attached hydrogens (tertiary/aromatic N) is 2. The Kier molecular flexibility index (Phi) is 6.09. The van der Waals surface area contributed by atoms with Crippen molar-refractivity contribution >= 4 is 9.84 Å². The van der Waals surface area contributed by atoms with Crippen LogP contribution in [-0.4, -0.2) is 69.6 Å². The highest BCUT2D eigenvalue weighted by Gasteiger charge is 2.25. The van der Waals surface area contributed by atoms with Crippen molar-refractivity contribution < 1.29 is 22.4 Å². The van der Waals surface area contributed by atoms with Gasteiger partial charge in [-0.25, -0.2) is 8.42 Å². The fourth-order valence-corrected chi connectivity index (χ4v) is 3.54. The van der Waals surface area contributed by atoms with Crippen LogP contribution in [-0.2, 0) is 32.2 Å². The first-order valence-corrected chi connectivity index (χ1v) is 8.73. The van der Waals surface area contributed by atoms with Crippen LogP contribution < -0.4 is 5.32 Å². The molecule has 21 heavy (non-hydrogen) atoms. The second-order valence-corrected chi connectivity index (χ2v) is 7.16. The number of methoxy groups -OCH3 is 1. The Bertz CT molecular complexity index is 531. The van der Waals surface area contributed by atoms with Crippen molar-refractivity contribution in [3.8, 4) is 0 Å². The van der Waals surface area contributed by atoms with E-state index in [1.54, 1.807) is 7.11 Å². The molecule has 1 aliphatic rings. The van der Waals surface area contributed by atoms with Crippen molar-refractivity contribution in [3.63, 3.8) is 0 Å². The summed E-state index contributed by atoms with van der Waals surface area (Å²) in [5.41, 5.74) is 0. The number of nitrogens with one attached hydrogen (secondary N) is 1. The summed E-state index contributed by atoms with van der Waals surface area (Å²) >= 11 is 0. The predicted octanol–water partition coefficient (Wildman–Crippen LogP) is -0.796. The summed E-state index contributed by atoms with van der Waals surface area (Å²) in [6.07, 6.45) is 0.986. The van der Waals surface area contributed by atoms with Crippen LogP contribution in [0.1, 0.15) is 11.7 Å². The summed E-state index contributed by atoms with van der Waals surface area (Å²) in [7, 11) is -1.33. The maximum atomic E-state index is 11.6. The van der Waals surface area contributed by atoms with Crippen LogP contribution in [0.5, 0.6) is 0 Å². The Morgan fingerprint density at radius 2 is 2.24 bits per heavy atom. The van der Waals surface area contributed by atoms with Gasteiger partial charge < -0.3 is 19.3 Å². The van der Waals surface area contributed by atoms with E-state index in [1.165, 1.54) is 0 Å². The highest BCUT2D eigenvalue weighted by atomic mass is 32.2. The van der Waals surface area contributed by atoms with Crippen molar-refractivity contribution in [2.75, 3.05) is 45.0 Å². The molecule has 0 spiro atoms. The normalized spacial score (nSPS) is 21.5. The monoisotopic (exact) mass is 319 g/mol. The van der Waals surface area contributed by atoms with Crippen molar-refractivity contribution in [1.82, 2.24) is 15.5 Å². The first-order valence-electron chi connectivity index (χ1n) is 6.91. The molecular formula is C12H21N3O5S. The zero-order valence-corrected chi connectivity index (χ0v) is 12.9. The van der Waals surface area contributed by atoms with Gasteiger partial charge in [-0.1, -0.05) is 5.16 Å². The maximum Gasteiger partial charge on any atom is 0.228 e. The molecule has 2 heterocycles. The summed E-state index contributed by atoms with van der Waals surface area (Å²) in [4.78, 5) is 4.25. The van der Waals surface area contributed by atoms with Crippen LogP contribution in [0.2, 0.25) is 0 Å². The number of aromatic nitrogens is 2. The molecule has 1 aromatic rings. The molecule has 0 bridgehead atoms. The Morgan fingerprint density at radius 3 is 3.00 bits per heavy atom. The summed E-state index contributed by atoms with van der Waals surface area (Å²) in [5, 5.41) is 7.01. The zero-order valence-electron chi connectivity index (χ0n) is 12.1. The molecule has 0 radical (unpaired) electrons. The lowest BCUT2D eigenvalue weighted by Crippen LogP contribution is -2.46. The van der Waals surface area contributed by atoms with Gasteiger partial charge in [-0.2, -0.15) is 4.98 Å². The third-order valence-electron chi connectivity index (χ3n) is 3.13. The van der Waals surface area contributed by atoms with Crippen LogP contribution in [0.4, 0.5) is 0 Å². The number of rotatable bonds is 8. The Morgan fingerprint density at radius 1 is 1.38 bits per heavy atom. The van der Waals surface area contributed by atoms with E-state index in [0.717, 1.165) is 0 Å². The second-order valence-electron chi connectivity index (χ2n) is 4.93. The third-order valence-corrected chi connectivity index (χ3v) is 4.87. The molecule has 0 amide bonds. The smallest absolute Gasteiger partial charge is 0.228 e. The van der Waals surface area contributed by atoms with Gasteiger partial charge in [0, 0.05) is 32.5 Å². The van der Waals surface area contributed by atoms with E-state index in [-0.39, 0.29) is 17.5 Å². The predicted molar refractivity (Wildman–Crippen MR) is 74.8 cm³/mol. The molecule has 9 heteroatoms. The van der Waals surface area contributed by atoms with Crippen LogP contribution in [0.15, 0.2) is 4.52 Å². The van der Waals surface area contributed by atoms with E-state index in [1.807, 2.05) is 0 Å². The van der Waals surface area contributed by atoms with Gasteiger partial charge in [0.05, 0.1) is 31.3 Å².